The Kier molecular flexibility index (Phi) is 35.8. The van der Waals surface area contributed by atoms with Crippen molar-refractivity contribution in [3.05, 3.63) is 0 Å². The summed E-state index contributed by atoms with van der Waals surface area (Å²) in [7, 11) is 4.12. The van der Waals surface area contributed by atoms with E-state index in [-0.39, 0.29) is 31.7 Å². The van der Waals surface area contributed by atoms with Crippen molar-refractivity contribution in [1.82, 2.24) is 0 Å². The van der Waals surface area contributed by atoms with Gasteiger partial charge in [-0.1, -0.05) is 194 Å². The van der Waals surface area contributed by atoms with E-state index in [4.69, 9.17) is 9.47 Å². The number of unbranched alkanes of at least 4 members (excludes halogenated alkanes) is 29. The maximum absolute atomic E-state index is 12.4. The van der Waals surface area contributed by atoms with Crippen LogP contribution in [0.3, 0.4) is 0 Å². The molecule has 292 valence electrons. The van der Waals surface area contributed by atoms with Crippen molar-refractivity contribution in [2.45, 2.75) is 225 Å². The lowest BCUT2D eigenvalue weighted by atomic mass is 10.0. The fraction of sp³-hybridized carbons (Fsp3) is 0.953. The van der Waals surface area contributed by atoms with Crippen LogP contribution >= 0.6 is 0 Å². The van der Waals surface area contributed by atoms with Crippen LogP contribution in [0, 0.1) is 0 Å². The molecule has 0 aliphatic rings. The summed E-state index contributed by atoms with van der Waals surface area (Å²) >= 11 is 0. The van der Waals surface area contributed by atoms with E-state index >= 15 is 0 Å². The van der Waals surface area contributed by atoms with Gasteiger partial charge in [0.25, 0.3) is 0 Å². The molecule has 1 unspecified atom stereocenters. The molecule has 1 atom stereocenters. The number of carbonyl (C=O) groups is 2. The van der Waals surface area contributed by atoms with Gasteiger partial charge in [0.15, 0.2) is 6.54 Å². The average Bonchev–Trinajstić information content (AvgIpc) is 3.07. The quantitative estimate of drug-likeness (QED) is 0.0393. The maximum atomic E-state index is 12.4. The molecule has 0 aromatic heterocycles. The molecule has 0 fully saturated rings. The van der Waals surface area contributed by atoms with Crippen LogP contribution in [0.25, 0.3) is 0 Å². The predicted octanol–water partition coefficient (Wildman–Crippen LogP) is 12.0. The zero-order valence-electron chi connectivity index (χ0n) is 33.6. The summed E-state index contributed by atoms with van der Waals surface area (Å²) in [5.41, 5.74) is 0. The molecule has 0 bridgehead atoms. The van der Waals surface area contributed by atoms with Crippen LogP contribution in [0.2, 0.25) is 0 Å². The Balaban J connectivity index is 3.58. The topological polar surface area (TPSA) is 72.8 Å². The second-order valence-electron chi connectivity index (χ2n) is 15.8. The standard InChI is InChI=1S/C43H86NO5/c1-5-7-9-11-13-15-17-19-21-23-25-27-29-31-33-35-37-44(3,4)38-43(47)49-40-41(45)39-48-42(46)36-34-32-30-28-26-24-22-20-18-16-14-12-10-8-6-2/h41,45H,5-40H2,1-4H3/q+1. The van der Waals surface area contributed by atoms with Gasteiger partial charge in [-0.05, 0) is 19.3 Å². The van der Waals surface area contributed by atoms with Gasteiger partial charge in [0.2, 0.25) is 0 Å². The summed E-state index contributed by atoms with van der Waals surface area (Å²) in [4.78, 5) is 24.4. The van der Waals surface area contributed by atoms with Crippen LogP contribution < -0.4 is 0 Å². The van der Waals surface area contributed by atoms with E-state index in [9.17, 15) is 14.7 Å². The lowest BCUT2D eigenvalue weighted by Gasteiger charge is -2.28. The molecule has 0 saturated carbocycles. The number of nitrogens with zero attached hydrogens (tertiary/aromatic N) is 1. The third-order valence-corrected chi connectivity index (χ3v) is 10.0. The van der Waals surface area contributed by atoms with E-state index in [1.165, 1.54) is 173 Å². The molecule has 0 aromatic rings. The molecule has 0 rings (SSSR count). The molecule has 0 heterocycles. The Morgan fingerprint density at radius 3 is 1.08 bits per heavy atom. The Hall–Kier alpha value is -1.14. The highest BCUT2D eigenvalue weighted by Gasteiger charge is 2.22. The molecule has 0 aliphatic heterocycles. The Morgan fingerprint density at radius 2 is 0.735 bits per heavy atom. The van der Waals surface area contributed by atoms with E-state index in [2.05, 4.69) is 27.9 Å². The first-order chi connectivity index (χ1) is 23.8. The summed E-state index contributed by atoms with van der Waals surface area (Å²) in [6.45, 7) is 5.51. The number of aliphatic hydroxyl groups excluding tert-OH is 1. The number of hydrogen-bond donors (Lipinski definition) is 1. The number of aliphatic hydroxyl groups is 1. The highest BCUT2D eigenvalue weighted by atomic mass is 16.6. The maximum Gasteiger partial charge on any atom is 0.361 e. The van der Waals surface area contributed by atoms with Crippen LogP contribution in [-0.2, 0) is 19.1 Å². The zero-order chi connectivity index (χ0) is 36.1. The number of quaternary nitrogens is 1. The summed E-state index contributed by atoms with van der Waals surface area (Å²) in [6.07, 6.45) is 40.5. The first kappa shape index (κ1) is 47.9. The minimum absolute atomic E-state index is 0.123. The smallest absolute Gasteiger partial charge is 0.361 e. The SMILES string of the molecule is CCCCCCCCCCCCCCCCCC[N+](C)(C)CC(=O)OCC(O)COC(=O)CCCCCCCCCCCCCCCCC. The number of ether oxygens (including phenoxy) is 2. The predicted molar refractivity (Wildman–Crippen MR) is 209 cm³/mol. The lowest BCUT2D eigenvalue weighted by molar-refractivity contribution is -0.883. The number of carbonyl (C=O) groups excluding carboxylic acids is 2. The highest BCUT2D eigenvalue weighted by Crippen LogP contribution is 2.16. The number of esters is 2. The van der Waals surface area contributed by atoms with Crippen LogP contribution in [0.5, 0.6) is 0 Å². The number of rotatable bonds is 39. The van der Waals surface area contributed by atoms with E-state index in [1.54, 1.807) is 0 Å². The first-order valence-electron chi connectivity index (χ1n) is 21.6. The molecule has 6 heteroatoms. The molecule has 0 amide bonds. The van der Waals surface area contributed by atoms with E-state index < -0.39 is 6.10 Å². The lowest BCUT2D eigenvalue weighted by Crippen LogP contribution is -2.45. The van der Waals surface area contributed by atoms with Gasteiger partial charge in [-0.25, -0.2) is 4.79 Å². The summed E-state index contributed by atoms with van der Waals surface area (Å²) in [6, 6.07) is 0. The van der Waals surface area contributed by atoms with Crippen molar-refractivity contribution in [3.8, 4) is 0 Å². The van der Waals surface area contributed by atoms with Crippen molar-refractivity contribution in [2.24, 2.45) is 0 Å². The van der Waals surface area contributed by atoms with Gasteiger partial charge in [-0.2, -0.15) is 0 Å². The molecule has 0 radical (unpaired) electrons. The van der Waals surface area contributed by atoms with Gasteiger partial charge in [-0.3, -0.25) is 4.79 Å². The summed E-state index contributed by atoms with van der Waals surface area (Å²) in [5.74, 6) is -0.596. The molecule has 6 nitrogen and oxygen atoms in total. The van der Waals surface area contributed by atoms with Crippen LogP contribution in [-0.4, -0.2) is 68.0 Å². The van der Waals surface area contributed by atoms with Gasteiger partial charge < -0.3 is 19.1 Å². The van der Waals surface area contributed by atoms with Crippen LogP contribution in [0.15, 0.2) is 0 Å². The molecule has 0 spiro atoms. The van der Waals surface area contributed by atoms with Crippen molar-refractivity contribution in [2.75, 3.05) is 40.4 Å². The van der Waals surface area contributed by atoms with Gasteiger partial charge in [0.05, 0.1) is 20.6 Å². The van der Waals surface area contributed by atoms with E-state index in [1.807, 2.05) is 0 Å². The largest absolute Gasteiger partial charge is 0.463 e. The van der Waals surface area contributed by atoms with Crippen molar-refractivity contribution >= 4 is 11.9 Å². The molecule has 0 aliphatic carbocycles. The fourth-order valence-corrected chi connectivity index (χ4v) is 6.70. The highest BCUT2D eigenvalue weighted by molar-refractivity contribution is 5.70. The Morgan fingerprint density at radius 1 is 0.449 bits per heavy atom. The normalized spacial score (nSPS) is 12.3. The van der Waals surface area contributed by atoms with Crippen LogP contribution in [0.1, 0.15) is 219 Å². The minimum Gasteiger partial charge on any atom is -0.463 e. The van der Waals surface area contributed by atoms with Crippen LogP contribution in [0.4, 0.5) is 0 Å². The zero-order valence-corrected chi connectivity index (χ0v) is 33.6. The first-order valence-corrected chi connectivity index (χ1v) is 21.6. The van der Waals surface area contributed by atoms with Crippen molar-refractivity contribution < 1.29 is 28.7 Å². The van der Waals surface area contributed by atoms with Gasteiger partial charge in [-0.15, -0.1) is 0 Å². The van der Waals surface area contributed by atoms with E-state index in [0.717, 1.165) is 32.2 Å². The second kappa shape index (κ2) is 36.6. The number of likely N-dealkylation sites (N-methyl/N-ethyl adjacent to an activating group) is 1. The number of hydrogen-bond acceptors (Lipinski definition) is 5. The molecule has 49 heavy (non-hydrogen) atoms. The Bertz CT molecular complexity index is 712. The molecule has 1 N–H and O–H groups in total. The van der Waals surface area contributed by atoms with Gasteiger partial charge >= 0.3 is 11.9 Å². The van der Waals surface area contributed by atoms with Gasteiger partial charge in [0.1, 0.15) is 19.3 Å². The molecular weight excluding hydrogens is 610 g/mol. The van der Waals surface area contributed by atoms with Crippen molar-refractivity contribution in [3.63, 3.8) is 0 Å². The monoisotopic (exact) mass is 697 g/mol. The van der Waals surface area contributed by atoms with E-state index in [0.29, 0.717) is 10.9 Å². The molecule has 0 aromatic carbocycles. The third-order valence-electron chi connectivity index (χ3n) is 10.0. The molecule has 0 saturated heterocycles. The summed E-state index contributed by atoms with van der Waals surface area (Å²) in [5, 5.41) is 10.1. The molecular formula is C43H86NO5+. The van der Waals surface area contributed by atoms with Crippen molar-refractivity contribution in [1.29, 1.82) is 0 Å². The van der Waals surface area contributed by atoms with Gasteiger partial charge in [0, 0.05) is 6.42 Å². The summed E-state index contributed by atoms with van der Waals surface area (Å²) < 4.78 is 11.1. The average molecular weight is 697 g/mol. The second-order valence-corrected chi connectivity index (χ2v) is 15.8. The fourth-order valence-electron chi connectivity index (χ4n) is 6.70. The third kappa shape index (κ3) is 37.9. The minimum atomic E-state index is -0.982. The Labute approximate surface area is 305 Å².